The monoisotopic (exact) mass is 1290 g/mol. The molecule has 1 aliphatic heterocycles. The summed E-state index contributed by atoms with van der Waals surface area (Å²) in [7, 11) is 0. The van der Waals surface area contributed by atoms with E-state index in [1.165, 1.54) is 82.9 Å². The van der Waals surface area contributed by atoms with Gasteiger partial charge in [0.25, 0.3) is 0 Å². The summed E-state index contributed by atoms with van der Waals surface area (Å²) in [6.07, 6.45) is 62.2. The molecule has 0 amide bonds. The first kappa shape index (κ1) is 61.2. The Labute approximate surface area is 572 Å². The third kappa shape index (κ3) is 10.4. The van der Waals surface area contributed by atoms with Gasteiger partial charge in [-0.3, -0.25) is 0 Å². The van der Waals surface area contributed by atoms with Crippen LogP contribution >= 0.6 is 11.8 Å². The molecule has 9 unspecified atom stereocenters. The lowest BCUT2D eigenvalue weighted by Gasteiger charge is -2.42. The zero-order valence-corrected chi connectivity index (χ0v) is 55.2. The number of allylic oxidation sites excluding steroid dienone is 33. The van der Waals surface area contributed by atoms with Crippen molar-refractivity contribution in [2.75, 3.05) is 9.80 Å². The van der Waals surface area contributed by atoms with Crippen LogP contribution in [0.5, 0.6) is 0 Å². The quantitative estimate of drug-likeness (QED) is 0.102. The predicted molar refractivity (Wildman–Crippen MR) is 393 cm³/mol. The van der Waals surface area contributed by atoms with Crippen LogP contribution in [0, 0.1) is 41.1 Å². The van der Waals surface area contributed by atoms with Gasteiger partial charge in [0.05, 0.1) is 16.9 Å². The zero-order valence-electron chi connectivity index (χ0n) is 54.4. The van der Waals surface area contributed by atoms with E-state index < -0.39 is 17.0 Å². The molecule has 1 heterocycles. The van der Waals surface area contributed by atoms with Gasteiger partial charge in [-0.15, -0.1) is 11.8 Å². The Hall–Kier alpha value is -9.43. The summed E-state index contributed by atoms with van der Waals surface area (Å²) in [5.41, 5.74) is 23.4. The summed E-state index contributed by atoms with van der Waals surface area (Å²) in [6.45, 7) is 8.03. The summed E-state index contributed by atoms with van der Waals surface area (Å²) in [5, 5.41) is 0.0822. The smallest absolute Gasteiger partial charge is 0.123 e. The third-order valence-electron chi connectivity index (χ3n) is 22.8. The van der Waals surface area contributed by atoms with Crippen LogP contribution < -0.4 is 9.80 Å². The highest BCUT2D eigenvalue weighted by Gasteiger charge is 2.52. The number of thioether (sulfide) groups is 1. The van der Waals surface area contributed by atoms with Gasteiger partial charge in [-0.05, 0) is 261 Å². The summed E-state index contributed by atoms with van der Waals surface area (Å²) >= 11 is 1.94. The Kier molecular flexibility index (Phi) is 15.7. The minimum absolute atomic E-state index is 0.0195. The van der Waals surface area contributed by atoms with Gasteiger partial charge < -0.3 is 9.80 Å². The Morgan fingerprint density at radius 3 is 2.02 bits per heavy atom. The molecule has 5 aromatic rings. The Bertz CT molecular complexity index is 4760. The number of nitrogens with zero attached hydrogens (tertiary/aromatic N) is 2. The highest BCUT2D eigenvalue weighted by Crippen LogP contribution is 2.62. The number of halogens is 4. The second kappa shape index (κ2) is 24.9. The molecule has 0 N–H and O–H groups in total. The van der Waals surface area contributed by atoms with Crippen molar-refractivity contribution in [1.29, 1.82) is 0 Å². The maximum atomic E-state index is 15.3. The normalized spacial score (nSPS) is 27.9. The first-order valence-electron chi connectivity index (χ1n) is 34.8. The van der Waals surface area contributed by atoms with Gasteiger partial charge in [-0.2, -0.15) is 0 Å². The van der Waals surface area contributed by atoms with Crippen molar-refractivity contribution in [1.82, 2.24) is 0 Å². The highest BCUT2D eigenvalue weighted by atomic mass is 32.2. The van der Waals surface area contributed by atoms with Crippen LogP contribution in [0.1, 0.15) is 104 Å². The molecule has 0 radical (unpaired) electrons. The van der Waals surface area contributed by atoms with E-state index in [0.29, 0.717) is 18.3 Å². The lowest BCUT2D eigenvalue weighted by molar-refractivity contribution is 0.400. The zero-order chi connectivity index (χ0) is 65.5. The van der Waals surface area contributed by atoms with Crippen LogP contribution in [0.15, 0.2) is 341 Å². The molecule has 11 aliphatic carbocycles. The molecule has 0 bridgehead atoms. The van der Waals surface area contributed by atoms with E-state index >= 15 is 17.6 Å². The second-order valence-corrected chi connectivity index (χ2v) is 29.1. The molecular formula is C90H76F4N2S. The minimum atomic E-state index is -1.06. The van der Waals surface area contributed by atoms with Crippen LogP contribution in [0.25, 0.3) is 11.1 Å². The van der Waals surface area contributed by atoms with Gasteiger partial charge in [0.1, 0.15) is 23.6 Å². The Morgan fingerprint density at radius 2 is 1.31 bits per heavy atom. The second-order valence-electron chi connectivity index (χ2n) is 27.8. The SMILES string of the molecule is C=CC1=CCC(C2C=CC(C3(c4ccc(F)cc4)C4=C(CCC=C4)c4ccc(N(C5=CCC(F)C=C5)C5C=CC6=C(C5)SC5C=C(N(C7=CC8=C(CC7)c7ccccc7C8(c7ccc(F)cc7)C7C=CC(C8=CC=C(C=C)CC8)=CC7)c7ccc(F)cc7)C=CC65)cc43)=CC2)C=C1. The van der Waals surface area contributed by atoms with Crippen molar-refractivity contribution in [2.45, 2.75) is 98.9 Å². The molecule has 17 rings (SSSR count). The third-order valence-corrected chi connectivity index (χ3v) is 24.2. The average Bonchev–Trinajstić information content (AvgIpc) is 1.58. The summed E-state index contributed by atoms with van der Waals surface area (Å²) < 4.78 is 60.9. The lowest BCUT2D eigenvalue weighted by atomic mass is 9.60. The molecule has 9 atom stereocenters. The van der Waals surface area contributed by atoms with Gasteiger partial charge in [-0.25, -0.2) is 17.6 Å². The molecular weight excluding hydrogens is 1220 g/mol. The molecule has 2 nitrogen and oxygen atoms in total. The van der Waals surface area contributed by atoms with Crippen molar-refractivity contribution in [3.05, 3.63) is 392 Å². The van der Waals surface area contributed by atoms with Gasteiger partial charge in [-0.1, -0.05) is 183 Å². The van der Waals surface area contributed by atoms with E-state index in [0.717, 1.165) is 104 Å². The average molecular weight is 1290 g/mol. The molecule has 7 heteroatoms. The van der Waals surface area contributed by atoms with Gasteiger partial charge in [0.15, 0.2) is 0 Å². The molecule has 0 saturated heterocycles. The molecule has 12 aliphatic rings. The molecule has 97 heavy (non-hydrogen) atoms. The first-order chi connectivity index (χ1) is 47.6. The van der Waals surface area contributed by atoms with Crippen LogP contribution in [0.3, 0.4) is 0 Å². The number of anilines is 2. The maximum absolute atomic E-state index is 15.3. The maximum Gasteiger partial charge on any atom is 0.123 e. The van der Waals surface area contributed by atoms with E-state index in [-0.39, 0.29) is 40.6 Å². The number of benzene rings is 5. The van der Waals surface area contributed by atoms with Crippen molar-refractivity contribution >= 4 is 34.3 Å². The summed E-state index contributed by atoms with van der Waals surface area (Å²) in [5.74, 6) is 0.0521. The Balaban J connectivity index is 0.711. The van der Waals surface area contributed by atoms with E-state index in [1.54, 1.807) is 42.5 Å². The topological polar surface area (TPSA) is 6.48 Å². The Morgan fingerprint density at radius 1 is 0.567 bits per heavy atom. The number of rotatable bonds is 14. The fourth-order valence-corrected chi connectivity index (χ4v) is 19.7. The van der Waals surface area contributed by atoms with Crippen molar-refractivity contribution in [2.24, 2.45) is 23.7 Å². The number of fused-ring (bicyclic) bond motifs is 6. The van der Waals surface area contributed by atoms with Crippen LogP contribution in [0.4, 0.5) is 28.9 Å². The number of hydrogen-bond donors (Lipinski definition) is 0. The molecule has 0 spiro atoms. The van der Waals surface area contributed by atoms with E-state index in [4.69, 9.17) is 0 Å². The van der Waals surface area contributed by atoms with Gasteiger partial charge >= 0.3 is 0 Å². The molecule has 5 aromatic carbocycles. The van der Waals surface area contributed by atoms with Crippen molar-refractivity contribution in [3.8, 4) is 0 Å². The van der Waals surface area contributed by atoms with E-state index in [2.05, 4.69) is 187 Å². The number of alkyl halides is 1. The van der Waals surface area contributed by atoms with Crippen LogP contribution in [-0.2, 0) is 10.8 Å². The first-order valence-corrected chi connectivity index (χ1v) is 35.7. The largest absolute Gasteiger partial charge is 0.334 e. The van der Waals surface area contributed by atoms with Crippen LogP contribution in [0.2, 0.25) is 0 Å². The summed E-state index contributed by atoms with van der Waals surface area (Å²) in [4.78, 5) is 6.14. The lowest BCUT2D eigenvalue weighted by Crippen LogP contribution is -2.37. The molecule has 0 fully saturated rings. The fraction of sp³-hybridized carbons (Fsp3) is 0.222. The van der Waals surface area contributed by atoms with Crippen molar-refractivity contribution in [3.63, 3.8) is 0 Å². The van der Waals surface area contributed by atoms with Gasteiger partial charge in [0.2, 0.25) is 0 Å². The summed E-state index contributed by atoms with van der Waals surface area (Å²) in [6, 6.07) is 37.2. The van der Waals surface area contributed by atoms with Gasteiger partial charge in [0, 0.05) is 52.5 Å². The van der Waals surface area contributed by atoms with E-state index in [1.807, 2.05) is 66.4 Å². The molecule has 0 aromatic heterocycles. The fourth-order valence-electron chi connectivity index (χ4n) is 18.2. The highest BCUT2D eigenvalue weighted by molar-refractivity contribution is 8.04. The van der Waals surface area contributed by atoms with Crippen molar-refractivity contribution < 1.29 is 17.6 Å². The standard InChI is InChI=1S/C90H76F4N2S/c1-3-57-13-17-59(18-14-57)61-21-25-63(26-22-61)89(65-29-33-67(91)34-30-65)83-11-7-5-9-77(83)79-49-45-73(53-85(79)89)95(71-41-37-69(93)38-42-71)75-47-51-81-82-52-48-76(56-88(82)97-87(81)55-75)96(72-43-39-70(94)40-44-72)74-46-50-80-78-10-6-8-12-84(78)90(86(80)54-74,66-31-35-68(92)36-32-66)64-27-23-62(24-28-64)60-19-15-58(4-2)16-20-60/h3-5,7-9,11-13,15-17,19,21-23,25,27-39,41-44,46-48,50-55,60,62-63,70,76,81,87H,1-2,6,10,14,18,20,24,26,40,45,49,56H2. The molecule has 480 valence electrons. The predicted octanol–water partition coefficient (Wildman–Crippen LogP) is 22.7. The number of hydrogen-bond acceptors (Lipinski definition) is 3. The molecule has 0 saturated carbocycles. The van der Waals surface area contributed by atoms with Crippen LogP contribution in [-0.4, -0.2) is 17.5 Å². The van der Waals surface area contributed by atoms with E-state index in [9.17, 15) is 0 Å². The minimum Gasteiger partial charge on any atom is -0.334 e.